The second kappa shape index (κ2) is 7.91. The highest BCUT2D eigenvalue weighted by Crippen LogP contribution is 2.17. The molecule has 10 nitrogen and oxygen atoms in total. The molecule has 0 aliphatic carbocycles. The van der Waals surface area contributed by atoms with E-state index >= 15 is 0 Å². The molecule has 3 rings (SSSR count). The van der Waals surface area contributed by atoms with E-state index in [9.17, 15) is 14.4 Å². The van der Waals surface area contributed by atoms with Crippen molar-refractivity contribution in [3.63, 3.8) is 0 Å². The van der Waals surface area contributed by atoms with Gasteiger partial charge in [0.05, 0.1) is 13.1 Å². The first-order valence-corrected chi connectivity index (χ1v) is 8.54. The summed E-state index contributed by atoms with van der Waals surface area (Å²) in [6.45, 7) is 1.64. The van der Waals surface area contributed by atoms with Crippen LogP contribution in [0.2, 0.25) is 0 Å². The van der Waals surface area contributed by atoms with Crippen LogP contribution in [0.1, 0.15) is 12.5 Å². The molecule has 0 saturated heterocycles. The molecule has 2 aromatic heterocycles. The van der Waals surface area contributed by atoms with Crippen LogP contribution in [-0.2, 0) is 16.1 Å². The molecule has 0 atom stereocenters. The number of ether oxygens (including phenoxy) is 1. The summed E-state index contributed by atoms with van der Waals surface area (Å²) in [6, 6.07) is 8.71. The third-order valence-corrected chi connectivity index (χ3v) is 4.17. The number of nitrogen functional groups attached to an aromatic ring is 1. The average molecular weight is 384 g/mol. The molecule has 0 unspecified atom stereocenters. The Kier molecular flexibility index (Phi) is 5.39. The van der Waals surface area contributed by atoms with Gasteiger partial charge in [0, 0.05) is 14.0 Å². The highest BCUT2D eigenvalue weighted by molar-refractivity contribution is 5.92. The lowest BCUT2D eigenvalue weighted by Crippen LogP contribution is -2.40. The topological polar surface area (TPSA) is 125 Å². The Morgan fingerprint density at radius 3 is 2.61 bits per heavy atom. The summed E-state index contributed by atoms with van der Waals surface area (Å²) >= 11 is 0. The fraction of sp³-hybridized carbons (Fsp3) is 0.278. The van der Waals surface area contributed by atoms with Crippen LogP contribution in [0.25, 0.3) is 11.2 Å². The standard InChI is InChI=1S/C18H20N6O4/c1-12(25)28-9-8-22(2)17(26)24-14-15(19)20-11-21-16(14)23(18(24)27)10-13-6-4-3-5-7-13/h3-7,11H,8-10H2,1-2H3,(H2,19,20,21). The predicted octanol–water partition coefficient (Wildman–Crippen LogP) is 0.686. The zero-order valence-corrected chi connectivity index (χ0v) is 15.5. The molecule has 2 heterocycles. The maximum Gasteiger partial charge on any atom is 0.339 e. The number of benzene rings is 1. The second-order valence-electron chi connectivity index (χ2n) is 6.17. The van der Waals surface area contributed by atoms with Crippen LogP contribution in [-0.4, -0.2) is 56.2 Å². The van der Waals surface area contributed by atoms with Gasteiger partial charge < -0.3 is 15.4 Å². The summed E-state index contributed by atoms with van der Waals surface area (Å²) in [7, 11) is 1.50. The zero-order chi connectivity index (χ0) is 20.3. The van der Waals surface area contributed by atoms with Crippen molar-refractivity contribution in [3.8, 4) is 0 Å². The molecular formula is C18H20N6O4. The number of nitrogens with zero attached hydrogens (tertiary/aromatic N) is 5. The van der Waals surface area contributed by atoms with Crippen LogP contribution in [0.15, 0.2) is 41.5 Å². The molecule has 146 valence electrons. The van der Waals surface area contributed by atoms with Gasteiger partial charge in [-0.3, -0.25) is 9.36 Å². The van der Waals surface area contributed by atoms with Crippen molar-refractivity contribution in [1.29, 1.82) is 0 Å². The van der Waals surface area contributed by atoms with E-state index in [-0.39, 0.29) is 36.7 Å². The van der Waals surface area contributed by atoms with Gasteiger partial charge in [-0.05, 0) is 5.56 Å². The van der Waals surface area contributed by atoms with Gasteiger partial charge in [-0.25, -0.2) is 24.1 Å². The third kappa shape index (κ3) is 3.70. The third-order valence-electron chi connectivity index (χ3n) is 4.17. The number of hydrogen-bond donors (Lipinski definition) is 1. The number of carbonyl (C=O) groups is 2. The lowest BCUT2D eigenvalue weighted by atomic mass is 10.2. The van der Waals surface area contributed by atoms with Crippen molar-refractivity contribution in [1.82, 2.24) is 24.0 Å². The number of anilines is 1. The molecule has 0 radical (unpaired) electrons. The fourth-order valence-corrected chi connectivity index (χ4v) is 2.78. The van der Waals surface area contributed by atoms with Crippen LogP contribution in [0, 0.1) is 0 Å². The number of amides is 1. The van der Waals surface area contributed by atoms with E-state index in [0.29, 0.717) is 0 Å². The van der Waals surface area contributed by atoms with E-state index in [4.69, 9.17) is 10.5 Å². The molecule has 1 amide bonds. The summed E-state index contributed by atoms with van der Waals surface area (Å²) in [5.41, 5.74) is 6.66. The highest BCUT2D eigenvalue weighted by Gasteiger charge is 2.24. The normalized spacial score (nSPS) is 10.8. The van der Waals surface area contributed by atoms with E-state index < -0.39 is 17.7 Å². The van der Waals surface area contributed by atoms with Gasteiger partial charge in [0.2, 0.25) is 0 Å². The number of carbonyl (C=O) groups excluding carboxylic acids is 2. The van der Waals surface area contributed by atoms with Crippen LogP contribution >= 0.6 is 0 Å². The Labute approximate surface area is 160 Å². The molecule has 0 fully saturated rings. The Bertz CT molecular complexity index is 1070. The number of esters is 1. The van der Waals surface area contributed by atoms with Gasteiger partial charge in [-0.2, -0.15) is 0 Å². The molecule has 28 heavy (non-hydrogen) atoms. The van der Waals surface area contributed by atoms with E-state index in [1.807, 2.05) is 30.3 Å². The van der Waals surface area contributed by atoms with Crippen LogP contribution in [0.5, 0.6) is 0 Å². The first-order valence-electron chi connectivity index (χ1n) is 8.54. The molecule has 0 bridgehead atoms. The van der Waals surface area contributed by atoms with Crippen LogP contribution in [0.4, 0.5) is 10.6 Å². The second-order valence-corrected chi connectivity index (χ2v) is 6.17. The Hall–Kier alpha value is -3.69. The van der Waals surface area contributed by atoms with Gasteiger partial charge in [-0.15, -0.1) is 0 Å². The summed E-state index contributed by atoms with van der Waals surface area (Å²) in [6.07, 6.45) is 1.25. The number of nitrogens with two attached hydrogens (primary N) is 1. The first kappa shape index (κ1) is 19.1. The molecule has 0 aliphatic heterocycles. The van der Waals surface area contributed by atoms with Crippen molar-refractivity contribution in [2.24, 2.45) is 0 Å². The lowest BCUT2D eigenvalue weighted by Gasteiger charge is -2.17. The summed E-state index contributed by atoms with van der Waals surface area (Å²) < 4.78 is 7.17. The number of rotatable bonds is 5. The van der Waals surface area contributed by atoms with Crippen LogP contribution in [0.3, 0.4) is 0 Å². The number of hydrogen-bond acceptors (Lipinski definition) is 7. The largest absolute Gasteiger partial charge is 0.464 e. The molecular weight excluding hydrogens is 364 g/mol. The molecule has 0 saturated carbocycles. The van der Waals surface area contributed by atoms with Crippen molar-refractivity contribution in [3.05, 3.63) is 52.7 Å². The van der Waals surface area contributed by atoms with Gasteiger partial charge in [0.15, 0.2) is 11.5 Å². The molecule has 3 aromatic rings. The quantitative estimate of drug-likeness (QED) is 0.641. The molecule has 0 spiro atoms. The van der Waals surface area contributed by atoms with E-state index in [0.717, 1.165) is 10.1 Å². The first-order chi connectivity index (χ1) is 13.4. The Balaban J connectivity index is 2.02. The minimum atomic E-state index is -0.615. The zero-order valence-electron chi connectivity index (χ0n) is 15.5. The number of imidazole rings is 1. The number of likely N-dealkylation sites (N-methyl/N-ethyl adjacent to an activating group) is 1. The molecule has 2 N–H and O–H groups in total. The Morgan fingerprint density at radius 1 is 1.21 bits per heavy atom. The maximum absolute atomic E-state index is 13.0. The minimum absolute atomic E-state index is 0.0148. The predicted molar refractivity (Wildman–Crippen MR) is 102 cm³/mol. The molecule has 1 aromatic carbocycles. The number of aromatic nitrogens is 4. The van der Waals surface area contributed by atoms with Crippen molar-refractivity contribution >= 4 is 29.0 Å². The monoisotopic (exact) mass is 384 g/mol. The maximum atomic E-state index is 13.0. The van der Waals surface area contributed by atoms with Crippen molar-refractivity contribution in [2.75, 3.05) is 25.9 Å². The summed E-state index contributed by atoms with van der Waals surface area (Å²) in [4.78, 5) is 46.2. The Morgan fingerprint density at radius 2 is 1.93 bits per heavy atom. The molecule has 0 aliphatic rings. The highest BCUT2D eigenvalue weighted by atomic mass is 16.5. The molecule has 10 heteroatoms. The van der Waals surface area contributed by atoms with Gasteiger partial charge in [-0.1, -0.05) is 30.3 Å². The van der Waals surface area contributed by atoms with Crippen LogP contribution < -0.4 is 11.4 Å². The van der Waals surface area contributed by atoms with Crippen molar-refractivity contribution in [2.45, 2.75) is 13.5 Å². The average Bonchev–Trinajstić information content (AvgIpc) is 2.95. The van der Waals surface area contributed by atoms with Gasteiger partial charge >= 0.3 is 17.7 Å². The smallest absolute Gasteiger partial charge is 0.339 e. The van der Waals surface area contributed by atoms with E-state index in [2.05, 4.69) is 9.97 Å². The van der Waals surface area contributed by atoms with Gasteiger partial charge in [0.25, 0.3) is 0 Å². The van der Waals surface area contributed by atoms with Crippen molar-refractivity contribution < 1.29 is 14.3 Å². The summed E-state index contributed by atoms with van der Waals surface area (Å²) in [5, 5.41) is 0. The lowest BCUT2D eigenvalue weighted by molar-refractivity contribution is -0.141. The van der Waals surface area contributed by atoms with E-state index in [1.54, 1.807) is 0 Å². The fourth-order valence-electron chi connectivity index (χ4n) is 2.78. The SMILES string of the molecule is CC(=O)OCCN(C)C(=O)n1c(=O)n(Cc2ccccc2)c2ncnc(N)c21. The van der Waals surface area contributed by atoms with E-state index in [1.165, 1.54) is 29.8 Å². The minimum Gasteiger partial charge on any atom is -0.464 e. The van der Waals surface area contributed by atoms with Gasteiger partial charge in [0.1, 0.15) is 18.5 Å². The summed E-state index contributed by atoms with van der Waals surface area (Å²) in [5.74, 6) is -0.425. The number of fused-ring (bicyclic) bond motifs is 1.